The Hall–Kier alpha value is -2.08. The average Bonchev–Trinajstić information content (AvgIpc) is 3.42. The fourth-order valence-corrected chi connectivity index (χ4v) is 4.24. The summed E-state index contributed by atoms with van der Waals surface area (Å²) < 4.78 is 41.1. The maximum atomic E-state index is 13.3. The SMILES string of the molecule is N#CC1CN(C(=O)Cn2nc(C(F)(F)F)c3c2CCCC3)CCN1C1CC1. The highest BCUT2D eigenvalue weighted by atomic mass is 19.4. The first-order valence-electron chi connectivity index (χ1n) is 9.47. The van der Waals surface area contributed by atoms with E-state index in [1.165, 1.54) is 4.68 Å². The molecular formula is C18H22F3N5O. The Morgan fingerprint density at radius 3 is 2.63 bits per heavy atom. The number of nitriles is 1. The van der Waals surface area contributed by atoms with Gasteiger partial charge in [0.05, 0.1) is 6.07 Å². The van der Waals surface area contributed by atoms with Gasteiger partial charge < -0.3 is 4.90 Å². The summed E-state index contributed by atoms with van der Waals surface area (Å²) in [4.78, 5) is 16.5. The van der Waals surface area contributed by atoms with Crippen molar-refractivity contribution in [2.75, 3.05) is 19.6 Å². The van der Waals surface area contributed by atoms with Crippen LogP contribution in [-0.2, 0) is 30.4 Å². The standard InChI is InChI=1S/C18H22F3N5O/c19-18(20,21)17-14-3-1-2-4-15(14)26(23-17)11-16(27)24-7-8-25(12-5-6-12)13(9-22)10-24/h12-13H,1-8,10-11H2. The lowest BCUT2D eigenvalue weighted by Crippen LogP contribution is -2.55. The number of hydrogen-bond donors (Lipinski definition) is 0. The molecule has 2 fully saturated rings. The molecular weight excluding hydrogens is 359 g/mol. The van der Waals surface area contributed by atoms with Crippen LogP contribution >= 0.6 is 0 Å². The minimum atomic E-state index is -4.50. The Morgan fingerprint density at radius 2 is 1.96 bits per heavy atom. The van der Waals surface area contributed by atoms with E-state index in [9.17, 15) is 23.2 Å². The number of aromatic nitrogens is 2. The van der Waals surface area contributed by atoms with Crippen molar-refractivity contribution in [2.24, 2.45) is 0 Å². The third-order valence-electron chi connectivity index (χ3n) is 5.75. The summed E-state index contributed by atoms with van der Waals surface area (Å²) in [5.41, 5.74) is -0.0659. The predicted molar refractivity (Wildman–Crippen MR) is 89.6 cm³/mol. The maximum Gasteiger partial charge on any atom is 0.435 e. The van der Waals surface area contributed by atoms with Crippen molar-refractivity contribution >= 4 is 5.91 Å². The number of carbonyl (C=O) groups is 1. The van der Waals surface area contributed by atoms with E-state index in [1.54, 1.807) is 4.90 Å². The zero-order valence-electron chi connectivity index (χ0n) is 15.0. The molecule has 1 saturated heterocycles. The number of amides is 1. The van der Waals surface area contributed by atoms with Crippen LogP contribution in [0.15, 0.2) is 0 Å². The number of nitrogens with zero attached hydrogens (tertiary/aromatic N) is 5. The van der Waals surface area contributed by atoms with Crippen molar-refractivity contribution in [1.29, 1.82) is 5.26 Å². The summed E-state index contributed by atoms with van der Waals surface area (Å²) in [6.07, 6.45) is 0.0649. The van der Waals surface area contributed by atoms with Gasteiger partial charge in [-0.25, -0.2) is 0 Å². The monoisotopic (exact) mass is 381 g/mol. The molecule has 9 heteroatoms. The molecule has 1 aromatic heterocycles. The smallest absolute Gasteiger partial charge is 0.337 e. The molecule has 1 aliphatic heterocycles. The third kappa shape index (κ3) is 3.55. The Balaban J connectivity index is 1.50. The van der Waals surface area contributed by atoms with Crippen molar-refractivity contribution < 1.29 is 18.0 Å². The Kier molecular flexibility index (Phi) is 4.62. The van der Waals surface area contributed by atoms with E-state index in [1.807, 2.05) is 0 Å². The molecule has 0 aromatic carbocycles. The molecule has 27 heavy (non-hydrogen) atoms. The summed E-state index contributed by atoms with van der Waals surface area (Å²) in [5.74, 6) is -0.268. The molecule has 1 atom stereocenters. The first-order valence-corrected chi connectivity index (χ1v) is 9.47. The zero-order valence-corrected chi connectivity index (χ0v) is 15.0. The highest BCUT2D eigenvalue weighted by Gasteiger charge is 2.41. The molecule has 2 heterocycles. The van der Waals surface area contributed by atoms with Gasteiger partial charge in [0.1, 0.15) is 12.6 Å². The fraction of sp³-hybridized carbons (Fsp3) is 0.722. The predicted octanol–water partition coefficient (Wildman–Crippen LogP) is 1.98. The van der Waals surface area contributed by atoms with Crippen molar-refractivity contribution in [3.63, 3.8) is 0 Å². The Labute approximate surface area is 155 Å². The fourth-order valence-electron chi connectivity index (χ4n) is 4.24. The van der Waals surface area contributed by atoms with Crippen molar-refractivity contribution in [2.45, 2.75) is 63.3 Å². The number of fused-ring (bicyclic) bond motifs is 1. The average molecular weight is 381 g/mol. The van der Waals surface area contributed by atoms with Crippen LogP contribution in [0.2, 0.25) is 0 Å². The van der Waals surface area contributed by atoms with Crippen LogP contribution in [0.4, 0.5) is 13.2 Å². The molecule has 3 aliphatic rings. The highest BCUT2D eigenvalue weighted by Crippen LogP contribution is 2.36. The second-order valence-corrected chi connectivity index (χ2v) is 7.59. The summed E-state index contributed by atoms with van der Waals surface area (Å²) in [6.45, 7) is 1.25. The third-order valence-corrected chi connectivity index (χ3v) is 5.75. The molecule has 0 N–H and O–H groups in total. The van der Waals surface area contributed by atoms with Gasteiger partial charge in [0.15, 0.2) is 5.69 Å². The lowest BCUT2D eigenvalue weighted by Gasteiger charge is -2.38. The normalized spacial score (nSPS) is 23.8. The molecule has 1 aromatic rings. The lowest BCUT2D eigenvalue weighted by molar-refractivity contribution is -0.143. The van der Waals surface area contributed by atoms with Gasteiger partial charge in [-0.3, -0.25) is 14.4 Å². The topological polar surface area (TPSA) is 65.2 Å². The quantitative estimate of drug-likeness (QED) is 0.803. The minimum Gasteiger partial charge on any atom is -0.337 e. The maximum absolute atomic E-state index is 13.3. The van der Waals surface area contributed by atoms with Gasteiger partial charge in [-0.15, -0.1) is 0 Å². The van der Waals surface area contributed by atoms with Gasteiger partial charge in [0.2, 0.25) is 5.91 Å². The number of halogens is 3. The molecule has 6 nitrogen and oxygen atoms in total. The second-order valence-electron chi connectivity index (χ2n) is 7.59. The second kappa shape index (κ2) is 6.82. The Morgan fingerprint density at radius 1 is 1.22 bits per heavy atom. The summed E-state index contributed by atoms with van der Waals surface area (Å²) >= 11 is 0. The first kappa shape index (κ1) is 18.3. The molecule has 2 aliphatic carbocycles. The molecule has 1 amide bonds. The highest BCUT2D eigenvalue weighted by molar-refractivity contribution is 5.76. The van der Waals surface area contributed by atoms with E-state index in [2.05, 4.69) is 16.1 Å². The van der Waals surface area contributed by atoms with E-state index >= 15 is 0 Å². The Bertz CT molecular complexity index is 777. The van der Waals surface area contributed by atoms with Crippen LogP contribution in [0.1, 0.15) is 42.6 Å². The molecule has 1 saturated carbocycles. The van der Waals surface area contributed by atoms with E-state index in [0.29, 0.717) is 50.6 Å². The van der Waals surface area contributed by atoms with Crippen LogP contribution in [0, 0.1) is 11.3 Å². The lowest BCUT2D eigenvalue weighted by atomic mass is 9.95. The van der Waals surface area contributed by atoms with Gasteiger partial charge in [-0.2, -0.15) is 23.5 Å². The summed E-state index contributed by atoms with van der Waals surface area (Å²) in [7, 11) is 0. The van der Waals surface area contributed by atoms with Gasteiger partial charge in [-0.05, 0) is 38.5 Å². The zero-order chi connectivity index (χ0) is 19.2. The number of rotatable bonds is 3. The van der Waals surface area contributed by atoms with E-state index < -0.39 is 11.9 Å². The van der Waals surface area contributed by atoms with Crippen LogP contribution in [0.25, 0.3) is 0 Å². The van der Waals surface area contributed by atoms with Gasteiger partial charge in [0, 0.05) is 36.9 Å². The van der Waals surface area contributed by atoms with Gasteiger partial charge in [0.25, 0.3) is 0 Å². The number of carbonyl (C=O) groups excluding carboxylic acids is 1. The summed E-state index contributed by atoms with van der Waals surface area (Å²) in [6, 6.07) is 2.36. The van der Waals surface area contributed by atoms with Crippen molar-refractivity contribution in [3.8, 4) is 6.07 Å². The first-order chi connectivity index (χ1) is 12.9. The molecule has 0 spiro atoms. The van der Waals surface area contributed by atoms with Crippen molar-refractivity contribution in [1.82, 2.24) is 19.6 Å². The molecule has 1 unspecified atom stereocenters. The van der Waals surface area contributed by atoms with E-state index in [4.69, 9.17) is 0 Å². The van der Waals surface area contributed by atoms with Crippen LogP contribution < -0.4 is 0 Å². The van der Waals surface area contributed by atoms with Crippen molar-refractivity contribution in [3.05, 3.63) is 17.0 Å². The van der Waals surface area contributed by atoms with Crippen LogP contribution in [0.3, 0.4) is 0 Å². The van der Waals surface area contributed by atoms with Gasteiger partial charge >= 0.3 is 6.18 Å². The van der Waals surface area contributed by atoms with E-state index in [-0.39, 0.29) is 24.1 Å². The summed E-state index contributed by atoms with van der Waals surface area (Å²) in [5, 5.41) is 13.2. The largest absolute Gasteiger partial charge is 0.435 e. The van der Waals surface area contributed by atoms with Gasteiger partial charge in [-0.1, -0.05) is 0 Å². The molecule has 146 valence electrons. The van der Waals surface area contributed by atoms with Crippen LogP contribution in [-0.4, -0.2) is 57.2 Å². The molecule has 0 bridgehead atoms. The van der Waals surface area contributed by atoms with E-state index in [0.717, 1.165) is 19.3 Å². The number of piperazine rings is 1. The molecule has 0 radical (unpaired) electrons. The number of alkyl halides is 3. The number of hydrogen-bond acceptors (Lipinski definition) is 4. The molecule has 4 rings (SSSR count). The minimum absolute atomic E-state index is 0.194. The van der Waals surface area contributed by atoms with Crippen LogP contribution in [0.5, 0.6) is 0 Å².